The van der Waals surface area contributed by atoms with E-state index in [1.54, 1.807) is 0 Å². The SMILES string of the molecule is CN(CCC(O)c1cc([N+](=O)[O-])ccc1O)Cc1nc2ccccc2[nH]1.Cl.Cl. The number of imidazole rings is 1. The molecule has 1 heterocycles. The van der Waals surface area contributed by atoms with Crippen LogP contribution in [0, 0.1) is 10.1 Å². The van der Waals surface area contributed by atoms with Crippen molar-refractivity contribution in [3.8, 4) is 5.75 Å². The molecule has 3 rings (SSSR count). The van der Waals surface area contributed by atoms with Gasteiger partial charge in [-0.15, -0.1) is 24.8 Å². The molecule has 28 heavy (non-hydrogen) atoms. The Labute approximate surface area is 174 Å². The van der Waals surface area contributed by atoms with Crippen molar-refractivity contribution >= 4 is 41.5 Å². The maximum Gasteiger partial charge on any atom is 0.270 e. The van der Waals surface area contributed by atoms with Crippen LogP contribution in [-0.4, -0.2) is 43.6 Å². The lowest BCUT2D eigenvalue weighted by molar-refractivity contribution is -0.385. The molecule has 3 aromatic rings. The van der Waals surface area contributed by atoms with Gasteiger partial charge in [-0.25, -0.2) is 4.98 Å². The number of rotatable bonds is 7. The third-order valence-electron chi connectivity index (χ3n) is 4.22. The Morgan fingerprint density at radius 1 is 1.25 bits per heavy atom. The third kappa shape index (κ3) is 5.56. The van der Waals surface area contributed by atoms with Gasteiger partial charge in [0.2, 0.25) is 0 Å². The lowest BCUT2D eigenvalue weighted by atomic mass is 10.0. The van der Waals surface area contributed by atoms with Crippen molar-refractivity contribution in [1.82, 2.24) is 14.9 Å². The van der Waals surface area contributed by atoms with Crippen molar-refractivity contribution in [2.75, 3.05) is 13.6 Å². The van der Waals surface area contributed by atoms with Gasteiger partial charge in [0.1, 0.15) is 11.6 Å². The minimum absolute atomic E-state index is 0. The number of aromatic hydroxyl groups is 1. The molecule has 1 unspecified atom stereocenters. The number of H-pyrrole nitrogens is 1. The zero-order valence-electron chi connectivity index (χ0n) is 15.1. The van der Waals surface area contributed by atoms with E-state index in [2.05, 4.69) is 9.97 Å². The van der Waals surface area contributed by atoms with E-state index >= 15 is 0 Å². The minimum atomic E-state index is -0.993. The fraction of sp³-hybridized carbons (Fsp3) is 0.278. The van der Waals surface area contributed by atoms with Crippen LogP contribution < -0.4 is 0 Å². The van der Waals surface area contributed by atoms with Gasteiger partial charge >= 0.3 is 0 Å². The van der Waals surface area contributed by atoms with E-state index in [0.29, 0.717) is 19.5 Å². The zero-order valence-corrected chi connectivity index (χ0v) is 16.7. The average molecular weight is 429 g/mol. The van der Waals surface area contributed by atoms with Gasteiger partial charge in [0.05, 0.1) is 28.6 Å². The van der Waals surface area contributed by atoms with Gasteiger partial charge in [-0.1, -0.05) is 12.1 Å². The van der Waals surface area contributed by atoms with Gasteiger partial charge in [0.25, 0.3) is 5.69 Å². The van der Waals surface area contributed by atoms with Gasteiger partial charge in [0, 0.05) is 24.2 Å². The lowest BCUT2D eigenvalue weighted by Crippen LogP contribution is -2.21. The maximum atomic E-state index is 10.9. The van der Waals surface area contributed by atoms with E-state index in [-0.39, 0.29) is 41.8 Å². The molecule has 2 aromatic carbocycles. The number of phenolic OH excluding ortho intramolecular Hbond substituents is 1. The number of hydrogen-bond donors (Lipinski definition) is 3. The molecule has 0 aliphatic heterocycles. The van der Waals surface area contributed by atoms with Crippen molar-refractivity contribution in [3.63, 3.8) is 0 Å². The van der Waals surface area contributed by atoms with E-state index in [1.807, 2.05) is 36.2 Å². The second kappa shape index (κ2) is 10.2. The Morgan fingerprint density at radius 2 is 1.96 bits per heavy atom. The molecule has 0 amide bonds. The van der Waals surface area contributed by atoms with Crippen LogP contribution in [0.1, 0.15) is 23.9 Å². The number of para-hydroxylation sites is 2. The lowest BCUT2D eigenvalue weighted by Gasteiger charge is -2.18. The maximum absolute atomic E-state index is 10.9. The predicted molar refractivity (Wildman–Crippen MR) is 111 cm³/mol. The molecular weight excluding hydrogens is 407 g/mol. The summed E-state index contributed by atoms with van der Waals surface area (Å²) < 4.78 is 0. The van der Waals surface area contributed by atoms with Gasteiger partial charge < -0.3 is 15.2 Å². The Bertz CT molecular complexity index is 902. The number of halogens is 2. The van der Waals surface area contributed by atoms with Crippen LogP contribution in [0.15, 0.2) is 42.5 Å². The van der Waals surface area contributed by atoms with Gasteiger partial charge in [-0.3, -0.25) is 15.0 Å². The van der Waals surface area contributed by atoms with Crippen LogP contribution in [0.5, 0.6) is 5.75 Å². The largest absolute Gasteiger partial charge is 0.508 e. The summed E-state index contributed by atoms with van der Waals surface area (Å²) in [6.07, 6.45) is -0.668. The molecule has 0 radical (unpaired) electrons. The molecule has 0 fully saturated rings. The van der Waals surface area contributed by atoms with E-state index in [9.17, 15) is 20.3 Å². The fourth-order valence-electron chi connectivity index (χ4n) is 2.84. The fourth-order valence-corrected chi connectivity index (χ4v) is 2.84. The Morgan fingerprint density at radius 3 is 2.64 bits per heavy atom. The standard InChI is InChI=1S/C18H20N4O4.2ClH/c1-21(11-18-19-14-4-2-3-5-15(14)20-18)9-8-17(24)13-10-12(22(25)26)6-7-16(13)23;;/h2-7,10,17,23-24H,8-9,11H2,1H3,(H,19,20);2*1H. The molecule has 0 aliphatic carbocycles. The molecule has 0 spiro atoms. The van der Waals surface area contributed by atoms with Crippen molar-refractivity contribution in [3.05, 3.63) is 64.0 Å². The van der Waals surface area contributed by atoms with Crippen LogP contribution in [0.3, 0.4) is 0 Å². The first kappa shape index (κ1) is 23.6. The van der Waals surface area contributed by atoms with Crippen molar-refractivity contribution < 1.29 is 15.1 Å². The number of nitrogens with zero attached hydrogens (tertiary/aromatic N) is 3. The molecule has 1 aromatic heterocycles. The minimum Gasteiger partial charge on any atom is -0.508 e. The highest BCUT2D eigenvalue weighted by Gasteiger charge is 2.18. The summed E-state index contributed by atoms with van der Waals surface area (Å²) in [4.78, 5) is 20.0. The third-order valence-corrected chi connectivity index (χ3v) is 4.22. The quantitative estimate of drug-likeness (QED) is 0.391. The number of aromatic amines is 1. The summed E-state index contributed by atoms with van der Waals surface area (Å²) in [5.74, 6) is 0.671. The molecule has 3 N–H and O–H groups in total. The normalized spacial score (nSPS) is 11.7. The Kier molecular flexibility index (Phi) is 8.64. The second-order valence-electron chi connectivity index (χ2n) is 6.24. The van der Waals surface area contributed by atoms with E-state index in [0.717, 1.165) is 16.9 Å². The highest BCUT2D eigenvalue weighted by Crippen LogP contribution is 2.30. The summed E-state index contributed by atoms with van der Waals surface area (Å²) in [6, 6.07) is 11.4. The smallest absolute Gasteiger partial charge is 0.270 e. The topological polar surface area (TPSA) is 116 Å². The number of aliphatic hydroxyl groups is 1. The zero-order chi connectivity index (χ0) is 18.7. The number of phenols is 1. The molecule has 0 aliphatic rings. The highest BCUT2D eigenvalue weighted by molar-refractivity contribution is 5.85. The van der Waals surface area contributed by atoms with E-state index < -0.39 is 11.0 Å². The number of hydrogen-bond acceptors (Lipinski definition) is 6. The molecule has 8 nitrogen and oxygen atoms in total. The number of nitro benzene ring substituents is 1. The van der Waals surface area contributed by atoms with E-state index in [1.165, 1.54) is 18.2 Å². The summed E-state index contributed by atoms with van der Waals surface area (Å²) in [5.41, 5.74) is 1.87. The highest BCUT2D eigenvalue weighted by atomic mass is 35.5. The molecule has 0 saturated heterocycles. The van der Waals surface area contributed by atoms with Crippen LogP contribution in [-0.2, 0) is 6.54 Å². The number of non-ortho nitro benzene ring substituents is 1. The number of aliphatic hydroxyl groups excluding tert-OH is 1. The van der Waals surface area contributed by atoms with Crippen molar-refractivity contribution in [1.29, 1.82) is 0 Å². The van der Waals surface area contributed by atoms with Crippen molar-refractivity contribution in [2.45, 2.75) is 19.1 Å². The summed E-state index contributed by atoms with van der Waals surface area (Å²) in [5, 5.41) is 31.0. The van der Waals surface area contributed by atoms with Crippen LogP contribution in [0.25, 0.3) is 11.0 Å². The van der Waals surface area contributed by atoms with E-state index in [4.69, 9.17) is 0 Å². The van der Waals surface area contributed by atoms with Gasteiger partial charge in [-0.05, 0) is 31.7 Å². The molecule has 10 heteroatoms. The van der Waals surface area contributed by atoms with Crippen molar-refractivity contribution in [2.24, 2.45) is 0 Å². The van der Waals surface area contributed by atoms with Gasteiger partial charge in [0.15, 0.2) is 0 Å². The monoisotopic (exact) mass is 428 g/mol. The first-order valence-electron chi connectivity index (χ1n) is 8.21. The predicted octanol–water partition coefficient (Wildman–Crippen LogP) is 3.58. The first-order valence-corrected chi connectivity index (χ1v) is 8.21. The van der Waals surface area contributed by atoms with Gasteiger partial charge in [-0.2, -0.15) is 0 Å². The number of nitrogens with one attached hydrogen (secondary N) is 1. The number of aromatic nitrogens is 2. The Balaban J connectivity index is 0.00000196. The molecule has 1 atom stereocenters. The Hall–Kier alpha value is -2.39. The summed E-state index contributed by atoms with van der Waals surface area (Å²) in [6.45, 7) is 1.10. The first-order chi connectivity index (χ1) is 12.4. The summed E-state index contributed by atoms with van der Waals surface area (Å²) >= 11 is 0. The van der Waals surface area contributed by atoms with Crippen LogP contribution in [0.2, 0.25) is 0 Å². The molecule has 0 saturated carbocycles. The molecule has 152 valence electrons. The molecular formula is C18H22Cl2N4O4. The number of nitro groups is 1. The van der Waals surface area contributed by atoms with Crippen LogP contribution >= 0.6 is 24.8 Å². The number of fused-ring (bicyclic) bond motifs is 1. The molecule has 0 bridgehead atoms. The number of benzene rings is 2. The second-order valence-corrected chi connectivity index (χ2v) is 6.24. The van der Waals surface area contributed by atoms with Crippen LogP contribution in [0.4, 0.5) is 5.69 Å². The average Bonchev–Trinajstić information content (AvgIpc) is 3.02. The summed E-state index contributed by atoms with van der Waals surface area (Å²) in [7, 11) is 1.90.